The number of hydrogen-bond acceptors (Lipinski definition) is 4. The lowest BCUT2D eigenvalue weighted by atomic mass is 10.1. The van der Waals surface area contributed by atoms with Crippen LogP contribution in [0.2, 0.25) is 0 Å². The van der Waals surface area contributed by atoms with Crippen LogP contribution in [0.1, 0.15) is 5.56 Å². The van der Waals surface area contributed by atoms with Crippen molar-refractivity contribution in [3.8, 4) is 11.5 Å². The third kappa shape index (κ3) is 3.35. The highest BCUT2D eigenvalue weighted by molar-refractivity contribution is 5.73. The lowest BCUT2D eigenvalue weighted by Crippen LogP contribution is -2.35. The Morgan fingerprint density at radius 1 is 1.35 bits per heavy atom. The molecule has 0 spiro atoms. The van der Waals surface area contributed by atoms with Crippen molar-refractivity contribution in [1.82, 2.24) is 5.32 Å². The molecule has 0 saturated carbocycles. The predicted octanol–water partition coefficient (Wildman–Crippen LogP) is 0.919. The molecule has 5 nitrogen and oxygen atoms in total. The molecule has 5 heteroatoms. The Morgan fingerprint density at radius 2 is 2.00 bits per heavy atom. The van der Waals surface area contributed by atoms with E-state index in [9.17, 15) is 4.79 Å². The van der Waals surface area contributed by atoms with Crippen LogP contribution in [0.25, 0.3) is 0 Å². The molecule has 2 N–H and O–H groups in total. The molecule has 17 heavy (non-hydrogen) atoms. The quantitative estimate of drug-likeness (QED) is 0.772. The second kappa shape index (κ2) is 6.10. The molecule has 1 unspecified atom stereocenters. The van der Waals surface area contributed by atoms with Crippen molar-refractivity contribution in [2.24, 2.45) is 0 Å². The highest BCUT2D eigenvalue weighted by atomic mass is 16.5. The number of nitrogens with one attached hydrogen (secondary N) is 1. The van der Waals surface area contributed by atoms with Gasteiger partial charge in [0.05, 0.1) is 14.2 Å². The number of methoxy groups -OCH3 is 2. The van der Waals surface area contributed by atoms with Crippen LogP contribution >= 0.6 is 0 Å². The van der Waals surface area contributed by atoms with E-state index in [4.69, 9.17) is 14.6 Å². The van der Waals surface area contributed by atoms with E-state index in [1.807, 2.05) is 6.07 Å². The molecule has 1 aromatic rings. The molecule has 0 saturated heterocycles. The molecule has 0 aliphatic carbocycles. The number of rotatable bonds is 6. The van der Waals surface area contributed by atoms with Crippen LogP contribution in [0, 0.1) is 0 Å². The average Bonchev–Trinajstić information content (AvgIpc) is 2.35. The highest BCUT2D eigenvalue weighted by Gasteiger charge is 2.16. The van der Waals surface area contributed by atoms with Crippen molar-refractivity contribution >= 4 is 5.97 Å². The molecule has 0 bridgehead atoms. The van der Waals surface area contributed by atoms with Crippen LogP contribution in [0.4, 0.5) is 0 Å². The van der Waals surface area contributed by atoms with E-state index in [0.717, 1.165) is 5.56 Å². The van der Waals surface area contributed by atoms with Gasteiger partial charge in [0.1, 0.15) is 6.04 Å². The first-order chi connectivity index (χ1) is 8.12. The van der Waals surface area contributed by atoms with Gasteiger partial charge in [-0.15, -0.1) is 0 Å². The summed E-state index contributed by atoms with van der Waals surface area (Å²) in [6.07, 6.45) is 0.395. The van der Waals surface area contributed by atoms with E-state index >= 15 is 0 Å². The minimum absolute atomic E-state index is 0.395. The predicted molar refractivity (Wildman–Crippen MR) is 63.7 cm³/mol. The number of ether oxygens (including phenoxy) is 2. The number of aliphatic carboxylic acids is 1. The monoisotopic (exact) mass is 239 g/mol. The van der Waals surface area contributed by atoms with Gasteiger partial charge in [-0.3, -0.25) is 4.79 Å². The SMILES string of the molecule is CNC(Cc1ccc(OC)c(OC)c1)C(=O)O. The molecule has 1 atom stereocenters. The summed E-state index contributed by atoms with van der Waals surface area (Å²) in [6.45, 7) is 0. The van der Waals surface area contributed by atoms with Crippen molar-refractivity contribution < 1.29 is 19.4 Å². The molecule has 1 rings (SSSR count). The lowest BCUT2D eigenvalue weighted by molar-refractivity contribution is -0.139. The van der Waals surface area contributed by atoms with Crippen molar-refractivity contribution in [3.05, 3.63) is 23.8 Å². The second-order valence-electron chi connectivity index (χ2n) is 3.57. The number of carbonyl (C=O) groups is 1. The maximum absolute atomic E-state index is 10.9. The van der Waals surface area contributed by atoms with Crippen LogP contribution < -0.4 is 14.8 Å². The summed E-state index contributed by atoms with van der Waals surface area (Å²) in [5.41, 5.74) is 0.879. The van der Waals surface area contributed by atoms with E-state index in [1.165, 1.54) is 0 Å². The maximum atomic E-state index is 10.9. The van der Waals surface area contributed by atoms with Gasteiger partial charge in [-0.25, -0.2) is 0 Å². The summed E-state index contributed by atoms with van der Waals surface area (Å²) in [5, 5.41) is 11.7. The Kier molecular flexibility index (Phi) is 4.78. The van der Waals surface area contributed by atoms with Crippen LogP contribution in [-0.2, 0) is 11.2 Å². The van der Waals surface area contributed by atoms with Crippen LogP contribution in [0.15, 0.2) is 18.2 Å². The van der Waals surface area contributed by atoms with Gasteiger partial charge in [0.25, 0.3) is 0 Å². The van der Waals surface area contributed by atoms with Gasteiger partial charge in [-0.1, -0.05) is 6.07 Å². The molecule has 0 amide bonds. The Balaban J connectivity index is 2.88. The summed E-state index contributed by atoms with van der Waals surface area (Å²) in [7, 11) is 4.74. The Morgan fingerprint density at radius 3 is 2.47 bits per heavy atom. The average molecular weight is 239 g/mol. The first-order valence-electron chi connectivity index (χ1n) is 5.23. The Hall–Kier alpha value is -1.75. The van der Waals surface area contributed by atoms with Gasteiger partial charge in [-0.05, 0) is 31.2 Å². The van der Waals surface area contributed by atoms with Gasteiger partial charge in [0.2, 0.25) is 0 Å². The summed E-state index contributed by atoms with van der Waals surface area (Å²) >= 11 is 0. The number of likely N-dealkylation sites (N-methyl/N-ethyl adjacent to an activating group) is 1. The minimum Gasteiger partial charge on any atom is -0.493 e. The smallest absolute Gasteiger partial charge is 0.321 e. The van der Waals surface area contributed by atoms with E-state index < -0.39 is 12.0 Å². The third-order valence-electron chi connectivity index (χ3n) is 2.53. The van der Waals surface area contributed by atoms with E-state index in [2.05, 4.69) is 5.32 Å². The standard InChI is InChI=1S/C12H17NO4/c1-13-9(12(14)15)6-8-4-5-10(16-2)11(7-8)17-3/h4-5,7,9,13H,6H2,1-3H3,(H,14,15). The molecule has 94 valence electrons. The molecule has 0 heterocycles. The fourth-order valence-corrected chi connectivity index (χ4v) is 1.56. The van der Waals surface area contributed by atoms with E-state index in [1.54, 1.807) is 33.4 Å². The molecule has 0 fully saturated rings. The normalized spacial score (nSPS) is 11.9. The zero-order valence-corrected chi connectivity index (χ0v) is 10.2. The van der Waals surface area contributed by atoms with Crippen LogP contribution in [0.5, 0.6) is 11.5 Å². The Bertz CT molecular complexity index is 392. The fourth-order valence-electron chi connectivity index (χ4n) is 1.56. The van der Waals surface area contributed by atoms with Gasteiger partial charge in [-0.2, -0.15) is 0 Å². The minimum atomic E-state index is -0.873. The molecular weight excluding hydrogens is 222 g/mol. The summed E-state index contributed by atoms with van der Waals surface area (Å²) in [5.74, 6) is 0.361. The van der Waals surface area contributed by atoms with Crippen molar-refractivity contribution in [1.29, 1.82) is 0 Å². The van der Waals surface area contributed by atoms with Crippen LogP contribution in [-0.4, -0.2) is 38.4 Å². The summed E-state index contributed by atoms with van der Waals surface area (Å²) in [6, 6.07) is 4.77. The second-order valence-corrected chi connectivity index (χ2v) is 3.57. The number of carboxylic acid groups (broad SMARTS) is 1. The summed E-state index contributed by atoms with van der Waals surface area (Å²) < 4.78 is 10.3. The molecule has 0 aliphatic rings. The van der Waals surface area contributed by atoms with E-state index in [0.29, 0.717) is 17.9 Å². The zero-order chi connectivity index (χ0) is 12.8. The summed E-state index contributed by atoms with van der Waals surface area (Å²) in [4.78, 5) is 10.9. The molecule has 1 aromatic carbocycles. The number of benzene rings is 1. The maximum Gasteiger partial charge on any atom is 0.321 e. The lowest BCUT2D eigenvalue weighted by Gasteiger charge is -2.13. The largest absolute Gasteiger partial charge is 0.493 e. The van der Waals surface area contributed by atoms with Crippen molar-refractivity contribution in [2.45, 2.75) is 12.5 Å². The first kappa shape index (κ1) is 13.3. The third-order valence-corrected chi connectivity index (χ3v) is 2.53. The van der Waals surface area contributed by atoms with Crippen LogP contribution in [0.3, 0.4) is 0 Å². The van der Waals surface area contributed by atoms with E-state index in [-0.39, 0.29) is 0 Å². The Labute approximate surface area is 100 Å². The van der Waals surface area contributed by atoms with Gasteiger partial charge in [0.15, 0.2) is 11.5 Å². The topological polar surface area (TPSA) is 67.8 Å². The molecule has 0 radical (unpaired) electrons. The first-order valence-corrected chi connectivity index (χ1v) is 5.23. The van der Waals surface area contributed by atoms with Crippen molar-refractivity contribution in [2.75, 3.05) is 21.3 Å². The fraction of sp³-hybridized carbons (Fsp3) is 0.417. The molecule has 0 aromatic heterocycles. The van der Waals surface area contributed by atoms with Gasteiger partial charge in [0, 0.05) is 0 Å². The zero-order valence-electron chi connectivity index (χ0n) is 10.2. The number of hydrogen-bond donors (Lipinski definition) is 2. The molecular formula is C12H17NO4. The highest BCUT2D eigenvalue weighted by Crippen LogP contribution is 2.27. The molecule has 0 aliphatic heterocycles. The number of carboxylic acids is 1. The van der Waals surface area contributed by atoms with Gasteiger partial charge < -0.3 is 19.9 Å². The van der Waals surface area contributed by atoms with Crippen molar-refractivity contribution in [3.63, 3.8) is 0 Å². The van der Waals surface area contributed by atoms with Gasteiger partial charge >= 0.3 is 5.97 Å².